The zero-order valence-electron chi connectivity index (χ0n) is 8.09. The number of carbonyl (C=O) groups is 1. The van der Waals surface area contributed by atoms with Crippen LogP contribution in [0, 0.1) is 3.57 Å². The molecule has 4 heteroatoms. The highest BCUT2D eigenvalue weighted by atomic mass is 127. The average Bonchev–Trinajstić information content (AvgIpc) is 2.15. The number of benzene rings is 1. The van der Waals surface area contributed by atoms with Gasteiger partial charge in [0.2, 0.25) is 0 Å². The van der Waals surface area contributed by atoms with E-state index in [1.54, 1.807) is 0 Å². The zero-order chi connectivity index (χ0) is 10.8. The molecule has 0 atom stereocenters. The summed E-state index contributed by atoms with van der Waals surface area (Å²) in [6.07, 6.45) is 3.47. The van der Waals surface area contributed by atoms with Crippen LogP contribution in [0.15, 0.2) is 22.7 Å². The quantitative estimate of drug-likeness (QED) is 0.784. The molecule has 1 saturated carbocycles. The lowest BCUT2D eigenvalue weighted by Crippen LogP contribution is -2.39. The maximum Gasteiger partial charge on any atom is 0.252 e. The summed E-state index contributed by atoms with van der Waals surface area (Å²) in [5, 5.41) is 3.03. The predicted molar refractivity (Wildman–Crippen MR) is 72.0 cm³/mol. The monoisotopic (exact) mass is 379 g/mol. The third-order valence-electron chi connectivity index (χ3n) is 2.64. The molecule has 1 amide bonds. The van der Waals surface area contributed by atoms with Crippen LogP contribution in [0.25, 0.3) is 0 Å². The highest BCUT2D eigenvalue weighted by molar-refractivity contribution is 14.1. The second kappa shape index (κ2) is 4.82. The van der Waals surface area contributed by atoms with Gasteiger partial charge in [-0.15, -0.1) is 0 Å². The van der Waals surface area contributed by atoms with Crippen molar-refractivity contribution >= 4 is 44.4 Å². The van der Waals surface area contributed by atoms with Gasteiger partial charge in [-0.25, -0.2) is 0 Å². The summed E-state index contributed by atoms with van der Waals surface area (Å²) < 4.78 is 1.95. The second-order valence-corrected chi connectivity index (χ2v) is 5.66. The Morgan fingerprint density at radius 3 is 2.80 bits per heavy atom. The van der Waals surface area contributed by atoms with Gasteiger partial charge in [-0.3, -0.25) is 4.79 Å². The molecule has 0 aromatic heterocycles. The lowest BCUT2D eigenvalue weighted by Gasteiger charge is -2.26. The van der Waals surface area contributed by atoms with Gasteiger partial charge in [0.1, 0.15) is 0 Å². The molecule has 15 heavy (non-hydrogen) atoms. The van der Waals surface area contributed by atoms with E-state index < -0.39 is 0 Å². The van der Waals surface area contributed by atoms with Crippen molar-refractivity contribution in [1.29, 1.82) is 0 Å². The molecule has 0 heterocycles. The minimum atomic E-state index is 0.0325. The van der Waals surface area contributed by atoms with Crippen molar-refractivity contribution < 1.29 is 4.79 Å². The molecule has 1 aromatic carbocycles. The Morgan fingerprint density at radius 2 is 2.20 bits per heavy atom. The summed E-state index contributed by atoms with van der Waals surface area (Å²) in [5.41, 5.74) is 0.730. The number of hydrogen-bond donors (Lipinski definition) is 1. The molecular formula is C11H11BrINO. The summed E-state index contributed by atoms with van der Waals surface area (Å²) in [4.78, 5) is 11.9. The molecule has 2 nitrogen and oxygen atoms in total. The number of rotatable bonds is 2. The summed E-state index contributed by atoms with van der Waals surface area (Å²) in [5.74, 6) is 0.0325. The van der Waals surface area contributed by atoms with Crippen LogP contribution in [0.4, 0.5) is 0 Å². The lowest BCUT2D eigenvalue weighted by molar-refractivity contribution is 0.0916. The summed E-state index contributed by atoms with van der Waals surface area (Å²) in [7, 11) is 0. The van der Waals surface area contributed by atoms with Crippen LogP contribution >= 0.6 is 38.5 Å². The smallest absolute Gasteiger partial charge is 0.252 e. The molecule has 1 fully saturated rings. The summed E-state index contributed by atoms with van der Waals surface area (Å²) in [6, 6.07) is 6.12. The summed E-state index contributed by atoms with van der Waals surface area (Å²) in [6.45, 7) is 0. The van der Waals surface area contributed by atoms with Crippen molar-refractivity contribution in [2.45, 2.75) is 25.3 Å². The average molecular weight is 380 g/mol. The highest BCUT2D eigenvalue weighted by Gasteiger charge is 2.21. The maximum atomic E-state index is 11.9. The van der Waals surface area contributed by atoms with Crippen LogP contribution in [0.2, 0.25) is 0 Å². The maximum absolute atomic E-state index is 11.9. The number of carbonyl (C=O) groups excluding carboxylic acids is 1. The fourth-order valence-electron chi connectivity index (χ4n) is 1.49. The molecule has 0 aliphatic heterocycles. The van der Waals surface area contributed by atoms with Crippen LogP contribution in [0.3, 0.4) is 0 Å². The number of hydrogen-bond acceptors (Lipinski definition) is 1. The van der Waals surface area contributed by atoms with Gasteiger partial charge in [-0.2, -0.15) is 0 Å². The van der Waals surface area contributed by atoms with E-state index >= 15 is 0 Å². The van der Waals surface area contributed by atoms with Crippen molar-refractivity contribution in [1.82, 2.24) is 5.32 Å². The first-order chi connectivity index (χ1) is 7.18. The Balaban J connectivity index is 2.13. The molecule has 0 saturated heterocycles. The first-order valence-corrected chi connectivity index (χ1v) is 6.80. The zero-order valence-corrected chi connectivity index (χ0v) is 11.8. The Labute approximate surface area is 111 Å². The van der Waals surface area contributed by atoms with Crippen LogP contribution in [-0.4, -0.2) is 11.9 Å². The normalized spacial score (nSPS) is 15.9. The molecule has 2 rings (SSSR count). The predicted octanol–water partition coefficient (Wildman–Crippen LogP) is 3.34. The van der Waals surface area contributed by atoms with Gasteiger partial charge in [0.05, 0.1) is 5.56 Å². The van der Waals surface area contributed by atoms with Gasteiger partial charge in [0.15, 0.2) is 0 Å². The molecule has 0 spiro atoms. The second-order valence-electron chi connectivity index (χ2n) is 3.70. The van der Waals surface area contributed by atoms with Crippen LogP contribution < -0.4 is 5.32 Å². The minimum absolute atomic E-state index is 0.0325. The lowest BCUT2D eigenvalue weighted by atomic mass is 9.93. The van der Waals surface area contributed by atoms with Crippen LogP contribution in [0.1, 0.15) is 29.6 Å². The van der Waals surface area contributed by atoms with Gasteiger partial charge in [-0.1, -0.05) is 6.07 Å². The van der Waals surface area contributed by atoms with E-state index in [2.05, 4.69) is 43.8 Å². The Bertz CT molecular complexity index is 390. The van der Waals surface area contributed by atoms with Gasteiger partial charge in [-0.05, 0) is 69.9 Å². The molecule has 1 aliphatic carbocycles. The van der Waals surface area contributed by atoms with E-state index in [1.807, 2.05) is 18.2 Å². The standard InChI is InChI=1S/C11H11BrINO/c12-10-8(5-2-6-9(10)13)11(15)14-7-3-1-4-7/h2,5-7H,1,3-4H2,(H,14,15). The van der Waals surface area contributed by atoms with Crippen molar-refractivity contribution in [2.24, 2.45) is 0 Å². The first kappa shape index (κ1) is 11.4. The van der Waals surface area contributed by atoms with Crippen molar-refractivity contribution in [3.05, 3.63) is 31.8 Å². The Morgan fingerprint density at radius 1 is 1.47 bits per heavy atom. The van der Waals surface area contributed by atoms with Gasteiger partial charge in [0, 0.05) is 14.1 Å². The number of amides is 1. The van der Waals surface area contributed by atoms with Gasteiger partial charge in [0.25, 0.3) is 5.91 Å². The van der Waals surface area contributed by atoms with E-state index in [0.29, 0.717) is 6.04 Å². The Kier molecular flexibility index (Phi) is 3.66. The molecule has 1 N–H and O–H groups in total. The summed E-state index contributed by atoms with van der Waals surface area (Å²) >= 11 is 5.66. The Hall–Kier alpha value is -0.100. The van der Waals surface area contributed by atoms with E-state index in [0.717, 1.165) is 26.4 Å². The van der Waals surface area contributed by atoms with Crippen molar-refractivity contribution in [3.63, 3.8) is 0 Å². The fourth-order valence-corrected chi connectivity index (χ4v) is 2.44. The van der Waals surface area contributed by atoms with E-state index in [4.69, 9.17) is 0 Å². The molecule has 0 radical (unpaired) electrons. The largest absolute Gasteiger partial charge is 0.349 e. The number of halogens is 2. The van der Waals surface area contributed by atoms with E-state index in [9.17, 15) is 4.79 Å². The van der Waals surface area contributed by atoms with Crippen molar-refractivity contribution in [3.8, 4) is 0 Å². The molecule has 1 aliphatic rings. The third kappa shape index (κ3) is 2.53. The molecule has 1 aromatic rings. The third-order valence-corrected chi connectivity index (χ3v) is 5.13. The fraction of sp³-hybridized carbons (Fsp3) is 0.364. The van der Waals surface area contributed by atoms with Gasteiger partial charge >= 0.3 is 0 Å². The number of nitrogens with one attached hydrogen (secondary N) is 1. The van der Waals surface area contributed by atoms with E-state index in [-0.39, 0.29) is 5.91 Å². The topological polar surface area (TPSA) is 29.1 Å². The minimum Gasteiger partial charge on any atom is -0.349 e. The van der Waals surface area contributed by atoms with Crippen LogP contribution in [0.5, 0.6) is 0 Å². The molecule has 80 valence electrons. The van der Waals surface area contributed by atoms with Gasteiger partial charge < -0.3 is 5.32 Å². The molecule has 0 unspecified atom stereocenters. The van der Waals surface area contributed by atoms with Crippen molar-refractivity contribution in [2.75, 3.05) is 0 Å². The van der Waals surface area contributed by atoms with E-state index in [1.165, 1.54) is 6.42 Å². The molecular weight excluding hydrogens is 369 g/mol. The SMILES string of the molecule is O=C(NC1CCC1)c1cccc(I)c1Br. The molecule has 0 bridgehead atoms. The van der Waals surface area contributed by atoms with Crippen LogP contribution in [-0.2, 0) is 0 Å². The first-order valence-electron chi connectivity index (χ1n) is 4.93. The highest BCUT2D eigenvalue weighted by Crippen LogP contribution is 2.24.